The van der Waals surface area contributed by atoms with Crippen LogP contribution in [0.4, 0.5) is 20.5 Å². The van der Waals surface area contributed by atoms with E-state index in [4.69, 9.17) is 20.4 Å². The number of aromatic nitrogens is 4. The highest BCUT2D eigenvalue weighted by Crippen LogP contribution is 2.31. The van der Waals surface area contributed by atoms with Crippen LogP contribution in [0.25, 0.3) is 16.9 Å². The Morgan fingerprint density at radius 1 is 1.06 bits per heavy atom. The molecule has 0 radical (unpaired) electrons. The number of ether oxygens (including phenoxy) is 1. The summed E-state index contributed by atoms with van der Waals surface area (Å²) in [5, 5.41) is 0. The van der Waals surface area contributed by atoms with Crippen LogP contribution < -0.4 is 15.5 Å². The van der Waals surface area contributed by atoms with Gasteiger partial charge in [0.15, 0.2) is 5.82 Å². The Morgan fingerprint density at radius 3 is 2.47 bits per heavy atom. The molecule has 3 aromatic rings. The highest BCUT2D eigenvalue weighted by atomic mass is 19.3. The fourth-order valence-electron chi connectivity index (χ4n) is 4.95. The molecule has 192 valence electrons. The van der Waals surface area contributed by atoms with E-state index in [9.17, 15) is 13.6 Å². The van der Waals surface area contributed by atoms with E-state index in [1.165, 1.54) is 4.57 Å². The van der Waals surface area contributed by atoms with Crippen LogP contribution in [0.3, 0.4) is 0 Å². The molecule has 2 aliphatic rings. The summed E-state index contributed by atoms with van der Waals surface area (Å²) in [6, 6.07) is 8.75. The van der Waals surface area contributed by atoms with Crippen LogP contribution in [0.2, 0.25) is 0 Å². The van der Waals surface area contributed by atoms with Crippen molar-refractivity contribution in [1.29, 1.82) is 0 Å². The van der Waals surface area contributed by atoms with Crippen molar-refractivity contribution in [2.45, 2.75) is 25.8 Å². The van der Waals surface area contributed by atoms with Crippen molar-refractivity contribution in [3.8, 4) is 5.82 Å². The second kappa shape index (κ2) is 9.58. The molecule has 0 unspecified atom stereocenters. The number of carbonyl (C=O) groups is 1. The average molecular weight is 501 g/mol. The number of rotatable bonds is 5. The molecule has 2 aliphatic heterocycles. The zero-order valence-corrected chi connectivity index (χ0v) is 20.4. The predicted molar refractivity (Wildman–Crippen MR) is 132 cm³/mol. The molecule has 2 N–H and O–H groups in total. The average Bonchev–Trinajstić information content (AvgIpc) is 3.28. The topological polar surface area (TPSA) is 106 Å². The quantitative estimate of drug-likeness (QED) is 0.567. The van der Waals surface area contributed by atoms with Crippen molar-refractivity contribution in [2.24, 2.45) is 5.73 Å². The number of amides is 1. The number of morpholine rings is 1. The Hall–Kier alpha value is -3.38. The minimum atomic E-state index is -2.78. The summed E-state index contributed by atoms with van der Waals surface area (Å²) in [5.41, 5.74) is 6.12. The van der Waals surface area contributed by atoms with E-state index in [1.54, 1.807) is 35.2 Å². The van der Waals surface area contributed by atoms with Crippen LogP contribution in [0.15, 0.2) is 30.3 Å². The lowest BCUT2D eigenvalue weighted by molar-refractivity contribution is -0.135. The molecule has 2 saturated heterocycles. The molecule has 2 aromatic heterocycles. The Labute approximate surface area is 207 Å². The molecule has 1 amide bonds. The van der Waals surface area contributed by atoms with Crippen LogP contribution in [-0.2, 0) is 9.53 Å². The third kappa shape index (κ3) is 4.46. The summed E-state index contributed by atoms with van der Waals surface area (Å²) in [6.45, 7) is 7.68. The van der Waals surface area contributed by atoms with Gasteiger partial charge < -0.3 is 25.2 Å². The molecule has 12 heteroatoms. The summed E-state index contributed by atoms with van der Waals surface area (Å²) in [7, 11) is 0. The predicted octanol–water partition coefficient (Wildman–Crippen LogP) is 1.98. The zero-order chi connectivity index (χ0) is 25.4. The highest BCUT2D eigenvalue weighted by molar-refractivity contribution is 5.79. The minimum absolute atomic E-state index is 0.0549. The zero-order valence-electron chi connectivity index (χ0n) is 20.4. The maximum absolute atomic E-state index is 14.1. The van der Waals surface area contributed by atoms with Crippen molar-refractivity contribution in [3.05, 3.63) is 36.2 Å². The van der Waals surface area contributed by atoms with E-state index >= 15 is 0 Å². The van der Waals surface area contributed by atoms with Gasteiger partial charge in [0.05, 0.1) is 36.3 Å². The Kier molecular flexibility index (Phi) is 6.47. The second-order valence-electron chi connectivity index (χ2n) is 9.56. The minimum Gasteiger partial charge on any atom is -0.378 e. The number of anilines is 2. The lowest BCUT2D eigenvalue weighted by atomic mass is 9.99. The summed E-state index contributed by atoms with van der Waals surface area (Å²) in [5.74, 6) is 0.889. The van der Waals surface area contributed by atoms with E-state index in [0.29, 0.717) is 74.6 Å². The number of halogens is 2. The smallest absolute Gasteiger partial charge is 0.296 e. The SMILES string of the molecule is CC1(C)CN(c2nc(N3CCOCC3)cc(-n3c(C(F)F)nc4ccccc43)n2)CCN1C(=O)CN. The molecule has 36 heavy (non-hydrogen) atoms. The standard InChI is InChI=1S/C24H30F2N8O2/c1-24(2)15-32(7-8-33(24)20(35)14-27)23-29-18(31-9-11-36-12-10-31)13-19(30-23)34-17-6-4-3-5-16(17)28-22(34)21(25)26/h3-6,13,21H,7-12,14-15,27H2,1-2H3. The van der Waals surface area contributed by atoms with E-state index < -0.39 is 12.0 Å². The lowest BCUT2D eigenvalue weighted by Gasteiger charge is -2.47. The molecular formula is C24H30F2N8O2. The monoisotopic (exact) mass is 500 g/mol. The Bertz CT molecular complexity index is 1260. The number of alkyl halides is 2. The number of nitrogens with zero attached hydrogens (tertiary/aromatic N) is 7. The third-order valence-electron chi connectivity index (χ3n) is 6.69. The van der Waals surface area contributed by atoms with Gasteiger partial charge in [-0.3, -0.25) is 9.36 Å². The second-order valence-corrected chi connectivity index (χ2v) is 9.56. The number of carbonyl (C=O) groups excluding carboxylic acids is 1. The van der Waals surface area contributed by atoms with Gasteiger partial charge in [0.25, 0.3) is 6.43 Å². The van der Waals surface area contributed by atoms with Gasteiger partial charge >= 0.3 is 0 Å². The Morgan fingerprint density at radius 2 is 1.78 bits per heavy atom. The van der Waals surface area contributed by atoms with E-state index in [1.807, 2.05) is 18.7 Å². The number of para-hydroxylation sites is 2. The molecule has 4 heterocycles. The van der Waals surface area contributed by atoms with Crippen molar-refractivity contribution in [3.63, 3.8) is 0 Å². The fraction of sp³-hybridized carbons (Fsp3) is 0.500. The van der Waals surface area contributed by atoms with Gasteiger partial charge in [-0.15, -0.1) is 0 Å². The normalized spacial score (nSPS) is 18.3. The van der Waals surface area contributed by atoms with Crippen molar-refractivity contribution < 1.29 is 18.3 Å². The number of fused-ring (bicyclic) bond motifs is 1. The molecule has 10 nitrogen and oxygen atoms in total. The van der Waals surface area contributed by atoms with Gasteiger partial charge in [0.2, 0.25) is 11.9 Å². The molecule has 0 bridgehead atoms. The van der Waals surface area contributed by atoms with Crippen molar-refractivity contribution in [1.82, 2.24) is 24.4 Å². The molecule has 5 rings (SSSR count). The lowest BCUT2D eigenvalue weighted by Crippen LogP contribution is -2.62. The summed E-state index contributed by atoms with van der Waals surface area (Å²) >= 11 is 0. The first kappa shape index (κ1) is 24.3. The maximum Gasteiger partial charge on any atom is 0.296 e. The number of nitrogens with two attached hydrogens (primary N) is 1. The number of piperazine rings is 1. The van der Waals surface area contributed by atoms with Gasteiger partial charge in [0, 0.05) is 38.8 Å². The van der Waals surface area contributed by atoms with Gasteiger partial charge in [-0.25, -0.2) is 13.8 Å². The summed E-state index contributed by atoms with van der Waals surface area (Å²) in [4.78, 5) is 32.0. The van der Waals surface area contributed by atoms with E-state index in [2.05, 4.69) is 9.88 Å². The van der Waals surface area contributed by atoms with Gasteiger partial charge in [-0.1, -0.05) is 12.1 Å². The number of imidazole rings is 1. The maximum atomic E-state index is 14.1. The number of benzene rings is 1. The molecule has 0 saturated carbocycles. The van der Waals surface area contributed by atoms with E-state index in [-0.39, 0.29) is 18.3 Å². The first-order chi connectivity index (χ1) is 17.3. The molecule has 0 aliphatic carbocycles. The Balaban J connectivity index is 1.61. The van der Waals surface area contributed by atoms with Crippen molar-refractivity contribution >= 4 is 28.7 Å². The third-order valence-corrected chi connectivity index (χ3v) is 6.69. The van der Waals surface area contributed by atoms with E-state index in [0.717, 1.165) is 0 Å². The van der Waals surface area contributed by atoms with Gasteiger partial charge in [-0.2, -0.15) is 9.97 Å². The van der Waals surface area contributed by atoms with Gasteiger partial charge in [-0.05, 0) is 26.0 Å². The fourth-order valence-corrected chi connectivity index (χ4v) is 4.95. The van der Waals surface area contributed by atoms with Crippen LogP contribution >= 0.6 is 0 Å². The van der Waals surface area contributed by atoms with Crippen LogP contribution in [0, 0.1) is 0 Å². The molecule has 1 aromatic carbocycles. The molecule has 2 fully saturated rings. The van der Waals surface area contributed by atoms with Gasteiger partial charge in [0.1, 0.15) is 11.6 Å². The number of hydrogen-bond acceptors (Lipinski definition) is 8. The highest BCUT2D eigenvalue weighted by Gasteiger charge is 2.37. The summed E-state index contributed by atoms with van der Waals surface area (Å²) in [6.07, 6.45) is -2.78. The van der Waals surface area contributed by atoms with Crippen LogP contribution in [0.5, 0.6) is 0 Å². The molecule has 0 atom stereocenters. The first-order valence-corrected chi connectivity index (χ1v) is 12.0. The number of hydrogen-bond donors (Lipinski definition) is 1. The molecule has 0 spiro atoms. The van der Waals surface area contributed by atoms with Crippen LogP contribution in [-0.4, -0.2) is 88.3 Å². The van der Waals surface area contributed by atoms with Crippen molar-refractivity contribution in [2.75, 3.05) is 62.3 Å². The molecular weight excluding hydrogens is 470 g/mol. The van der Waals surface area contributed by atoms with Crippen LogP contribution in [0.1, 0.15) is 26.1 Å². The largest absolute Gasteiger partial charge is 0.378 e. The summed E-state index contributed by atoms with van der Waals surface area (Å²) < 4.78 is 35.1. The first-order valence-electron chi connectivity index (χ1n) is 12.0.